The third kappa shape index (κ3) is 3.42. The highest BCUT2D eigenvalue weighted by Crippen LogP contribution is 2.17. The summed E-state index contributed by atoms with van der Waals surface area (Å²) >= 11 is 0. The summed E-state index contributed by atoms with van der Waals surface area (Å²) in [6, 6.07) is 15.6. The Kier molecular flexibility index (Phi) is 4.31. The van der Waals surface area contributed by atoms with E-state index in [9.17, 15) is 4.79 Å². The van der Waals surface area contributed by atoms with Crippen LogP contribution in [0.2, 0.25) is 0 Å². The van der Waals surface area contributed by atoms with E-state index in [-0.39, 0.29) is 0 Å². The first-order valence-corrected chi connectivity index (χ1v) is 6.15. The Labute approximate surface area is 113 Å². The molecule has 98 valence electrons. The standard InChI is InChI=1S/C16H17NO2/c1-19-11-13-7-8-15(16(17)18)14(10-13)9-12-5-3-2-4-6-12/h2-8,10H,9,11H2,1H3,(H2,17,18). The van der Waals surface area contributed by atoms with Gasteiger partial charge in [-0.15, -0.1) is 0 Å². The third-order valence-electron chi connectivity index (χ3n) is 2.98. The number of hydrogen-bond donors (Lipinski definition) is 1. The van der Waals surface area contributed by atoms with Gasteiger partial charge in [0.15, 0.2) is 0 Å². The summed E-state index contributed by atoms with van der Waals surface area (Å²) in [6.07, 6.45) is 0.691. The van der Waals surface area contributed by atoms with E-state index >= 15 is 0 Å². The fraction of sp³-hybridized carbons (Fsp3) is 0.188. The summed E-state index contributed by atoms with van der Waals surface area (Å²) in [7, 11) is 1.65. The highest BCUT2D eigenvalue weighted by Gasteiger charge is 2.09. The second kappa shape index (κ2) is 6.16. The van der Waals surface area contributed by atoms with Crippen LogP contribution < -0.4 is 5.73 Å². The van der Waals surface area contributed by atoms with Gasteiger partial charge in [0.05, 0.1) is 6.61 Å². The summed E-state index contributed by atoms with van der Waals surface area (Å²) in [5, 5.41) is 0. The Morgan fingerprint density at radius 3 is 2.47 bits per heavy atom. The molecular weight excluding hydrogens is 238 g/mol. The molecule has 0 radical (unpaired) electrons. The Morgan fingerprint density at radius 2 is 1.84 bits per heavy atom. The zero-order valence-electron chi connectivity index (χ0n) is 10.9. The third-order valence-corrected chi connectivity index (χ3v) is 2.98. The SMILES string of the molecule is COCc1ccc(C(N)=O)c(Cc2ccccc2)c1. The molecular formula is C16H17NO2. The molecule has 3 nitrogen and oxygen atoms in total. The molecule has 0 spiro atoms. The van der Waals surface area contributed by atoms with Crippen LogP contribution in [-0.4, -0.2) is 13.0 Å². The molecule has 0 aliphatic rings. The van der Waals surface area contributed by atoms with Crippen molar-refractivity contribution in [3.63, 3.8) is 0 Å². The van der Waals surface area contributed by atoms with Gasteiger partial charge >= 0.3 is 0 Å². The van der Waals surface area contributed by atoms with Gasteiger partial charge in [-0.1, -0.05) is 42.5 Å². The van der Waals surface area contributed by atoms with Crippen molar-refractivity contribution in [2.45, 2.75) is 13.0 Å². The smallest absolute Gasteiger partial charge is 0.248 e. The molecule has 3 heteroatoms. The summed E-state index contributed by atoms with van der Waals surface area (Å²) in [5.74, 6) is -0.394. The topological polar surface area (TPSA) is 52.3 Å². The van der Waals surface area contributed by atoms with E-state index in [1.54, 1.807) is 13.2 Å². The van der Waals surface area contributed by atoms with Gasteiger partial charge in [0.1, 0.15) is 0 Å². The van der Waals surface area contributed by atoms with Gasteiger partial charge in [0.2, 0.25) is 5.91 Å². The van der Waals surface area contributed by atoms with Crippen molar-refractivity contribution in [2.24, 2.45) is 5.73 Å². The van der Waals surface area contributed by atoms with Crippen LogP contribution in [0.1, 0.15) is 27.0 Å². The largest absolute Gasteiger partial charge is 0.380 e. The van der Waals surface area contributed by atoms with Crippen LogP contribution in [0, 0.1) is 0 Å². The summed E-state index contributed by atoms with van der Waals surface area (Å²) in [6.45, 7) is 0.529. The van der Waals surface area contributed by atoms with Gasteiger partial charge in [-0.25, -0.2) is 0 Å². The average molecular weight is 255 g/mol. The van der Waals surface area contributed by atoms with Gasteiger partial charge in [-0.2, -0.15) is 0 Å². The van der Waals surface area contributed by atoms with Crippen molar-refractivity contribution < 1.29 is 9.53 Å². The van der Waals surface area contributed by atoms with E-state index in [0.717, 1.165) is 16.7 Å². The number of nitrogens with two attached hydrogens (primary N) is 1. The molecule has 0 saturated carbocycles. The maximum absolute atomic E-state index is 11.5. The lowest BCUT2D eigenvalue weighted by Gasteiger charge is -2.09. The molecule has 0 aliphatic carbocycles. The first kappa shape index (κ1) is 13.3. The Bertz CT molecular complexity index is 564. The van der Waals surface area contributed by atoms with Crippen molar-refractivity contribution in [3.8, 4) is 0 Å². The molecule has 0 heterocycles. The van der Waals surface area contributed by atoms with E-state index in [1.807, 2.05) is 42.5 Å². The molecule has 2 aromatic rings. The lowest BCUT2D eigenvalue weighted by molar-refractivity contribution is 0.0999. The number of benzene rings is 2. The van der Waals surface area contributed by atoms with Crippen molar-refractivity contribution in [1.82, 2.24) is 0 Å². The predicted octanol–water partition coefficient (Wildman–Crippen LogP) is 2.52. The number of primary amides is 1. The molecule has 0 saturated heterocycles. The van der Waals surface area contributed by atoms with Crippen molar-refractivity contribution in [2.75, 3.05) is 7.11 Å². The van der Waals surface area contributed by atoms with Crippen LogP contribution in [0.15, 0.2) is 48.5 Å². The monoisotopic (exact) mass is 255 g/mol. The molecule has 19 heavy (non-hydrogen) atoms. The Balaban J connectivity index is 2.35. The van der Waals surface area contributed by atoms with Crippen LogP contribution in [0.25, 0.3) is 0 Å². The summed E-state index contributed by atoms with van der Waals surface area (Å²) < 4.78 is 5.12. The van der Waals surface area contributed by atoms with Crippen LogP contribution in [0.4, 0.5) is 0 Å². The molecule has 0 unspecified atom stereocenters. The lowest BCUT2D eigenvalue weighted by Crippen LogP contribution is -2.14. The average Bonchev–Trinajstić information content (AvgIpc) is 2.40. The lowest BCUT2D eigenvalue weighted by atomic mass is 9.97. The van der Waals surface area contributed by atoms with Gasteiger partial charge in [0, 0.05) is 12.7 Å². The maximum atomic E-state index is 11.5. The number of hydrogen-bond acceptors (Lipinski definition) is 2. The molecule has 0 atom stereocenters. The number of carbonyl (C=O) groups excluding carboxylic acids is 1. The molecule has 0 bridgehead atoms. The normalized spacial score (nSPS) is 10.4. The minimum absolute atomic E-state index is 0.394. The van der Waals surface area contributed by atoms with Gasteiger partial charge in [-0.3, -0.25) is 4.79 Å². The minimum Gasteiger partial charge on any atom is -0.380 e. The molecule has 0 fully saturated rings. The first-order chi connectivity index (χ1) is 9.20. The maximum Gasteiger partial charge on any atom is 0.248 e. The Morgan fingerprint density at radius 1 is 1.11 bits per heavy atom. The fourth-order valence-electron chi connectivity index (χ4n) is 2.11. The van der Waals surface area contributed by atoms with Gasteiger partial charge < -0.3 is 10.5 Å². The van der Waals surface area contributed by atoms with Crippen LogP contribution in [0.5, 0.6) is 0 Å². The molecule has 2 rings (SSSR count). The summed E-state index contributed by atoms with van der Waals surface area (Å²) in [4.78, 5) is 11.5. The van der Waals surface area contributed by atoms with Crippen molar-refractivity contribution in [1.29, 1.82) is 0 Å². The van der Waals surface area contributed by atoms with Crippen LogP contribution in [-0.2, 0) is 17.8 Å². The van der Waals surface area contributed by atoms with Crippen molar-refractivity contribution >= 4 is 5.91 Å². The highest BCUT2D eigenvalue weighted by atomic mass is 16.5. The number of carbonyl (C=O) groups is 1. The number of methoxy groups -OCH3 is 1. The Hall–Kier alpha value is -2.13. The zero-order chi connectivity index (χ0) is 13.7. The van der Waals surface area contributed by atoms with Gasteiger partial charge in [-0.05, 0) is 29.2 Å². The quantitative estimate of drug-likeness (QED) is 0.892. The first-order valence-electron chi connectivity index (χ1n) is 6.15. The highest BCUT2D eigenvalue weighted by molar-refractivity contribution is 5.94. The zero-order valence-corrected chi connectivity index (χ0v) is 10.9. The summed E-state index contributed by atoms with van der Waals surface area (Å²) in [5.41, 5.74) is 9.13. The number of amides is 1. The number of rotatable bonds is 5. The van der Waals surface area contributed by atoms with E-state index in [2.05, 4.69) is 0 Å². The van der Waals surface area contributed by atoms with Crippen molar-refractivity contribution in [3.05, 3.63) is 70.8 Å². The van der Waals surface area contributed by atoms with E-state index in [4.69, 9.17) is 10.5 Å². The molecule has 1 amide bonds. The second-order valence-electron chi connectivity index (χ2n) is 4.45. The van der Waals surface area contributed by atoms with Gasteiger partial charge in [0.25, 0.3) is 0 Å². The predicted molar refractivity (Wildman–Crippen MR) is 74.9 cm³/mol. The van der Waals surface area contributed by atoms with Crippen LogP contribution in [0.3, 0.4) is 0 Å². The number of ether oxygens (including phenoxy) is 1. The molecule has 2 aromatic carbocycles. The molecule has 0 aliphatic heterocycles. The fourth-order valence-corrected chi connectivity index (χ4v) is 2.11. The molecule has 2 N–H and O–H groups in total. The van der Waals surface area contributed by atoms with Crippen LogP contribution >= 0.6 is 0 Å². The van der Waals surface area contributed by atoms with E-state index in [0.29, 0.717) is 18.6 Å². The minimum atomic E-state index is -0.394. The second-order valence-corrected chi connectivity index (χ2v) is 4.45. The van der Waals surface area contributed by atoms with E-state index < -0.39 is 5.91 Å². The van der Waals surface area contributed by atoms with E-state index in [1.165, 1.54) is 0 Å². The molecule has 0 aromatic heterocycles.